The van der Waals surface area contributed by atoms with Gasteiger partial charge in [-0.2, -0.15) is 0 Å². The Hall–Kier alpha value is -1.87. The molecule has 2 aromatic rings. The number of hydrogen-bond donors (Lipinski definition) is 2. The maximum absolute atomic E-state index is 9.88. The fraction of sp³-hybridized carbons (Fsp3) is 0.111. The van der Waals surface area contributed by atoms with Crippen LogP contribution >= 0.6 is 24.0 Å². The molecule has 0 fully saturated rings. The molecule has 7 nitrogen and oxygen atoms in total. The van der Waals surface area contributed by atoms with E-state index in [1.807, 2.05) is 0 Å². The highest BCUT2D eigenvalue weighted by molar-refractivity contribution is 7.80. The average Bonchev–Trinajstić information content (AvgIpc) is 2.95. The molecule has 0 atom stereocenters. The lowest BCUT2D eigenvalue weighted by atomic mass is 10.6. The third-order valence-electron chi connectivity index (χ3n) is 1.71. The smallest absolute Gasteiger partial charge is 0.324 e. The van der Waals surface area contributed by atoms with E-state index < -0.39 is 4.92 Å². The summed E-state index contributed by atoms with van der Waals surface area (Å²) < 4.78 is 1.43. The van der Waals surface area contributed by atoms with Crippen molar-refractivity contribution in [3.8, 4) is 6.01 Å². The van der Waals surface area contributed by atoms with E-state index in [1.54, 1.807) is 17.5 Å². The minimum atomic E-state index is -0.398. The van der Waals surface area contributed by atoms with Gasteiger partial charge in [0, 0.05) is 12.6 Å². The Morgan fingerprint density at radius 2 is 2.39 bits per heavy atom. The number of hydrogen-bond acceptors (Lipinski definition) is 7. The van der Waals surface area contributed by atoms with Crippen molar-refractivity contribution in [2.45, 2.75) is 11.7 Å². The molecule has 0 amide bonds. The minimum absolute atomic E-state index is 0.134. The average molecular weight is 286 g/mol. The lowest BCUT2D eigenvalue weighted by Crippen LogP contribution is -1.94. The van der Waals surface area contributed by atoms with Crippen LogP contribution in [0.1, 0.15) is 0 Å². The maximum atomic E-state index is 9.88. The fourth-order valence-corrected chi connectivity index (χ4v) is 1.71. The largest absolute Gasteiger partial charge is 0.479 e. The van der Waals surface area contributed by atoms with Crippen LogP contribution in [0.15, 0.2) is 35.3 Å². The molecule has 2 aromatic heterocycles. The second-order valence-electron chi connectivity index (χ2n) is 2.91. The van der Waals surface area contributed by atoms with Gasteiger partial charge in [0.1, 0.15) is 0 Å². The van der Waals surface area contributed by atoms with Gasteiger partial charge in [0.25, 0.3) is 0 Å². The van der Waals surface area contributed by atoms with Gasteiger partial charge in [-0.25, -0.2) is 0 Å². The predicted octanol–water partition coefficient (Wildman–Crippen LogP) is 2.11. The van der Waals surface area contributed by atoms with Crippen molar-refractivity contribution in [1.29, 1.82) is 0 Å². The van der Waals surface area contributed by atoms with E-state index in [1.165, 1.54) is 10.6 Å². The monoisotopic (exact) mass is 286 g/mol. The van der Waals surface area contributed by atoms with Crippen LogP contribution in [-0.4, -0.2) is 24.8 Å². The van der Waals surface area contributed by atoms with Crippen molar-refractivity contribution in [3.05, 3.63) is 40.3 Å². The van der Waals surface area contributed by atoms with Gasteiger partial charge >= 0.3 is 11.0 Å². The summed E-state index contributed by atoms with van der Waals surface area (Å²) >= 11 is 5.07. The van der Waals surface area contributed by atoms with Crippen molar-refractivity contribution >= 4 is 29.0 Å². The summed E-state index contributed by atoms with van der Waals surface area (Å²) in [6.45, 7) is 3.97. The normalized spacial score (nSPS) is 9.39. The minimum Gasteiger partial charge on any atom is -0.479 e. The van der Waals surface area contributed by atoms with Crippen molar-refractivity contribution in [1.82, 2.24) is 14.8 Å². The number of nitrogens with zero attached hydrogens (tertiary/aromatic N) is 4. The van der Waals surface area contributed by atoms with Crippen LogP contribution in [0.3, 0.4) is 0 Å². The molecule has 0 saturated carbocycles. The second-order valence-corrected chi connectivity index (χ2v) is 4.23. The Morgan fingerprint density at radius 1 is 1.67 bits per heavy atom. The molecule has 1 N–H and O–H groups in total. The molecular formula is C9H10N4O3S2. The summed E-state index contributed by atoms with van der Waals surface area (Å²) in [5, 5.41) is 28.0. The highest BCUT2D eigenvalue weighted by atomic mass is 32.1. The van der Waals surface area contributed by atoms with Gasteiger partial charge in [-0.1, -0.05) is 22.5 Å². The SMILES string of the molecule is C=CCn1c(O)nnc1S.O=[N+]([O-])c1cccs1. The molecule has 0 bridgehead atoms. The third-order valence-corrected chi connectivity index (χ3v) is 2.86. The molecule has 0 unspecified atom stereocenters. The topological polar surface area (TPSA) is 94.1 Å². The summed E-state index contributed by atoms with van der Waals surface area (Å²) in [7, 11) is 0. The number of thiophene rings is 1. The molecule has 18 heavy (non-hydrogen) atoms. The standard InChI is InChI=1S/C5H7N3OS.C4H3NO2S/c1-2-3-8-4(9)6-7-5(8)10;6-5(7)4-2-1-3-8-4/h2H,1,3H2,(H,6,9)(H,7,10);1-3H. The number of aromatic nitrogens is 3. The number of allylic oxidation sites excluding steroid dienone is 1. The Balaban J connectivity index is 0.000000184. The van der Waals surface area contributed by atoms with E-state index in [2.05, 4.69) is 29.4 Å². The molecule has 96 valence electrons. The summed E-state index contributed by atoms with van der Waals surface area (Å²) in [6, 6.07) is 3.00. The van der Waals surface area contributed by atoms with Crippen molar-refractivity contribution in [2.24, 2.45) is 0 Å². The van der Waals surface area contributed by atoms with Gasteiger partial charge in [0.05, 0.1) is 4.92 Å². The summed E-state index contributed by atoms with van der Waals surface area (Å²) in [4.78, 5) is 9.48. The Labute approximate surface area is 112 Å². The van der Waals surface area contributed by atoms with E-state index >= 15 is 0 Å². The molecule has 0 saturated heterocycles. The number of thiol groups is 1. The van der Waals surface area contributed by atoms with Gasteiger partial charge in [-0.15, -0.1) is 24.3 Å². The number of rotatable bonds is 3. The molecule has 2 heterocycles. The first-order chi connectivity index (χ1) is 8.56. The van der Waals surface area contributed by atoms with Crippen LogP contribution in [0.2, 0.25) is 0 Å². The van der Waals surface area contributed by atoms with Gasteiger partial charge in [-0.3, -0.25) is 14.7 Å². The van der Waals surface area contributed by atoms with E-state index in [0.717, 1.165) is 11.3 Å². The van der Waals surface area contributed by atoms with Crippen molar-refractivity contribution in [2.75, 3.05) is 0 Å². The van der Waals surface area contributed by atoms with Crippen LogP contribution in [0, 0.1) is 10.1 Å². The molecule has 0 aliphatic carbocycles. The zero-order chi connectivity index (χ0) is 13.5. The van der Waals surface area contributed by atoms with E-state index in [4.69, 9.17) is 5.11 Å². The number of nitro groups is 1. The van der Waals surface area contributed by atoms with Crippen LogP contribution in [0.25, 0.3) is 0 Å². The lowest BCUT2D eigenvalue weighted by molar-refractivity contribution is -0.380. The molecular weight excluding hydrogens is 276 g/mol. The first-order valence-electron chi connectivity index (χ1n) is 4.66. The Kier molecular flexibility index (Phi) is 5.33. The van der Waals surface area contributed by atoms with Gasteiger partial charge < -0.3 is 5.11 Å². The van der Waals surface area contributed by atoms with Crippen LogP contribution in [0.5, 0.6) is 6.01 Å². The molecule has 0 aliphatic heterocycles. The highest BCUT2D eigenvalue weighted by Gasteiger charge is 2.03. The quantitative estimate of drug-likeness (QED) is 0.390. The first kappa shape index (κ1) is 14.2. The molecule has 9 heteroatoms. The highest BCUT2D eigenvalue weighted by Crippen LogP contribution is 2.16. The molecule has 0 spiro atoms. The number of aromatic hydroxyl groups is 1. The van der Waals surface area contributed by atoms with Gasteiger partial charge in [0.2, 0.25) is 0 Å². The van der Waals surface area contributed by atoms with E-state index in [9.17, 15) is 10.1 Å². The predicted molar refractivity (Wildman–Crippen MR) is 70.1 cm³/mol. The van der Waals surface area contributed by atoms with Gasteiger partial charge in [0.15, 0.2) is 5.16 Å². The fourth-order valence-electron chi connectivity index (χ4n) is 0.953. The van der Waals surface area contributed by atoms with Gasteiger partial charge in [-0.05, 0) is 11.4 Å². The Bertz CT molecular complexity index is 504. The summed E-state index contributed by atoms with van der Waals surface area (Å²) in [6.07, 6.45) is 1.63. The molecule has 0 aromatic carbocycles. The summed E-state index contributed by atoms with van der Waals surface area (Å²) in [5.41, 5.74) is 0. The second kappa shape index (κ2) is 6.77. The summed E-state index contributed by atoms with van der Waals surface area (Å²) in [5.74, 6) is 0. The Morgan fingerprint density at radius 3 is 2.72 bits per heavy atom. The molecule has 2 rings (SSSR count). The molecule has 0 aliphatic rings. The lowest BCUT2D eigenvalue weighted by Gasteiger charge is -1.96. The van der Waals surface area contributed by atoms with E-state index in [-0.39, 0.29) is 11.0 Å². The third kappa shape index (κ3) is 3.86. The zero-order valence-corrected chi connectivity index (χ0v) is 10.8. The maximum Gasteiger partial charge on any atom is 0.324 e. The van der Waals surface area contributed by atoms with E-state index in [0.29, 0.717) is 11.7 Å². The van der Waals surface area contributed by atoms with Crippen molar-refractivity contribution in [3.63, 3.8) is 0 Å². The first-order valence-corrected chi connectivity index (χ1v) is 5.99. The zero-order valence-electron chi connectivity index (χ0n) is 9.13. The van der Waals surface area contributed by atoms with Crippen LogP contribution in [0.4, 0.5) is 5.00 Å². The molecule has 0 radical (unpaired) electrons. The van der Waals surface area contributed by atoms with Crippen molar-refractivity contribution < 1.29 is 10.0 Å². The van der Waals surface area contributed by atoms with Crippen LogP contribution < -0.4 is 0 Å². The van der Waals surface area contributed by atoms with Crippen LogP contribution in [-0.2, 0) is 6.54 Å².